The number of amides is 1. The summed E-state index contributed by atoms with van der Waals surface area (Å²) in [5, 5.41) is 10.3. The highest BCUT2D eigenvalue weighted by Gasteiger charge is 2.16. The molecule has 1 heterocycles. The van der Waals surface area contributed by atoms with Crippen LogP contribution in [0.4, 0.5) is 5.69 Å². The van der Waals surface area contributed by atoms with E-state index in [1.807, 2.05) is 30.3 Å². The van der Waals surface area contributed by atoms with Crippen LogP contribution in [0, 0.1) is 0 Å². The van der Waals surface area contributed by atoms with Gasteiger partial charge in [0.1, 0.15) is 0 Å². The van der Waals surface area contributed by atoms with Crippen LogP contribution in [-0.4, -0.2) is 21.9 Å². The molecule has 6 heteroatoms. The molecule has 0 radical (unpaired) electrons. The molecule has 23 heavy (non-hydrogen) atoms. The minimum Gasteiger partial charge on any atom is -0.412 e. The van der Waals surface area contributed by atoms with E-state index in [4.69, 9.17) is 4.42 Å². The van der Waals surface area contributed by atoms with Gasteiger partial charge < -0.3 is 9.73 Å². The lowest BCUT2D eigenvalue weighted by Gasteiger charge is -2.02. The van der Waals surface area contributed by atoms with E-state index in [-0.39, 0.29) is 17.6 Å². The molecule has 0 atom stereocenters. The molecule has 114 valence electrons. The fourth-order valence-corrected chi connectivity index (χ4v) is 1.99. The molecule has 0 saturated carbocycles. The summed E-state index contributed by atoms with van der Waals surface area (Å²) >= 11 is 0. The first-order chi connectivity index (χ1) is 11.1. The lowest BCUT2D eigenvalue weighted by Crippen LogP contribution is -2.12. The third-order valence-electron chi connectivity index (χ3n) is 3.19. The Kier molecular flexibility index (Phi) is 3.97. The van der Waals surface area contributed by atoms with E-state index in [1.165, 1.54) is 6.92 Å². The molecule has 0 bridgehead atoms. The molecule has 0 unspecified atom stereocenters. The number of nitrogens with one attached hydrogen (secondary N) is 1. The van der Waals surface area contributed by atoms with Crippen LogP contribution in [0.1, 0.15) is 28.0 Å². The van der Waals surface area contributed by atoms with Crippen LogP contribution in [0.25, 0.3) is 11.5 Å². The first-order valence-electron chi connectivity index (χ1n) is 6.95. The highest BCUT2D eigenvalue weighted by molar-refractivity contribution is 6.01. The van der Waals surface area contributed by atoms with Gasteiger partial charge in [-0.15, -0.1) is 10.2 Å². The van der Waals surface area contributed by atoms with E-state index >= 15 is 0 Å². The summed E-state index contributed by atoms with van der Waals surface area (Å²) < 4.78 is 5.38. The molecular formula is C17H13N3O3. The van der Waals surface area contributed by atoms with Gasteiger partial charge in [0.25, 0.3) is 0 Å². The average molecular weight is 307 g/mol. The number of hydrogen-bond donors (Lipinski definition) is 1. The maximum absolute atomic E-state index is 12.1. The maximum atomic E-state index is 12.1. The zero-order chi connectivity index (χ0) is 16.2. The predicted molar refractivity (Wildman–Crippen MR) is 84.1 cm³/mol. The van der Waals surface area contributed by atoms with Crippen molar-refractivity contribution in [2.75, 3.05) is 5.32 Å². The van der Waals surface area contributed by atoms with Gasteiger partial charge in [-0.05, 0) is 43.3 Å². The first-order valence-corrected chi connectivity index (χ1v) is 6.95. The lowest BCUT2D eigenvalue weighted by molar-refractivity contribution is 0.0989. The van der Waals surface area contributed by atoms with E-state index in [2.05, 4.69) is 15.5 Å². The summed E-state index contributed by atoms with van der Waals surface area (Å²) in [6.07, 6.45) is 0. The normalized spacial score (nSPS) is 10.3. The number of ketones is 1. The molecule has 1 aromatic heterocycles. The zero-order valence-corrected chi connectivity index (χ0v) is 12.3. The molecule has 3 rings (SSSR count). The molecule has 0 fully saturated rings. The minimum absolute atomic E-state index is 0.0349. The van der Waals surface area contributed by atoms with E-state index in [9.17, 15) is 9.59 Å². The molecule has 0 aliphatic carbocycles. The number of rotatable bonds is 4. The van der Waals surface area contributed by atoms with Gasteiger partial charge in [0.15, 0.2) is 5.78 Å². The fraction of sp³-hybridized carbons (Fsp3) is 0.0588. The van der Waals surface area contributed by atoms with Crippen molar-refractivity contribution in [1.29, 1.82) is 0 Å². The van der Waals surface area contributed by atoms with Gasteiger partial charge in [0.2, 0.25) is 5.89 Å². The second kappa shape index (κ2) is 6.23. The number of hydrogen-bond acceptors (Lipinski definition) is 5. The van der Waals surface area contributed by atoms with E-state index < -0.39 is 5.91 Å². The fourth-order valence-electron chi connectivity index (χ4n) is 1.99. The van der Waals surface area contributed by atoms with Gasteiger partial charge in [-0.3, -0.25) is 9.59 Å². The molecule has 1 amide bonds. The third kappa shape index (κ3) is 3.32. The predicted octanol–water partition coefficient (Wildman–Crippen LogP) is 3.19. The second-order valence-electron chi connectivity index (χ2n) is 4.87. The Hall–Kier alpha value is -3.28. The van der Waals surface area contributed by atoms with Crippen LogP contribution in [0.5, 0.6) is 0 Å². The van der Waals surface area contributed by atoms with Gasteiger partial charge in [-0.1, -0.05) is 18.2 Å². The van der Waals surface area contributed by atoms with Crippen LogP contribution >= 0.6 is 0 Å². The quantitative estimate of drug-likeness (QED) is 0.748. The van der Waals surface area contributed by atoms with E-state index in [1.54, 1.807) is 24.3 Å². The maximum Gasteiger partial charge on any atom is 0.313 e. The first kappa shape index (κ1) is 14.6. The highest BCUT2D eigenvalue weighted by atomic mass is 16.4. The third-order valence-corrected chi connectivity index (χ3v) is 3.19. The van der Waals surface area contributed by atoms with Crippen molar-refractivity contribution in [3.05, 3.63) is 66.1 Å². The molecule has 3 aromatic rings. The summed E-state index contributed by atoms with van der Waals surface area (Å²) in [5.41, 5.74) is 1.86. The molecule has 0 saturated heterocycles. The van der Waals surface area contributed by atoms with Crippen molar-refractivity contribution in [3.63, 3.8) is 0 Å². The summed E-state index contributed by atoms with van der Waals surface area (Å²) in [6.45, 7) is 1.48. The van der Waals surface area contributed by atoms with Gasteiger partial charge in [-0.25, -0.2) is 0 Å². The molecule has 2 aromatic carbocycles. The molecular weight excluding hydrogens is 294 g/mol. The number of anilines is 1. The Morgan fingerprint density at radius 2 is 1.65 bits per heavy atom. The largest absolute Gasteiger partial charge is 0.412 e. The van der Waals surface area contributed by atoms with Crippen LogP contribution in [0.15, 0.2) is 59.0 Å². The zero-order valence-electron chi connectivity index (χ0n) is 12.3. The second-order valence-corrected chi connectivity index (χ2v) is 4.87. The van der Waals surface area contributed by atoms with Crippen LogP contribution < -0.4 is 5.32 Å². The summed E-state index contributed by atoms with van der Waals surface area (Å²) in [7, 11) is 0. The van der Waals surface area contributed by atoms with Crippen LogP contribution in [-0.2, 0) is 0 Å². The Balaban J connectivity index is 1.74. The monoisotopic (exact) mass is 307 g/mol. The molecule has 0 spiro atoms. The lowest BCUT2D eigenvalue weighted by atomic mass is 10.1. The standard InChI is InChI=1S/C17H13N3O3/c1-11(21)12-7-9-14(10-8-12)18-15(22)17-20-19-16(23-17)13-5-3-2-4-6-13/h2-10H,1H3,(H,18,22). The summed E-state index contributed by atoms with van der Waals surface area (Å²) in [5.74, 6) is -0.385. The molecule has 0 aliphatic heterocycles. The summed E-state index contributed by atoms with van der Waals surface area (Å²) in [4.78, 5) is 23.3. The number of nitrogens with zero attached hydrogens (tertiary/aromatic N) is 2. The smallest absolute Gasteiger partial charge is 0.313 e. The van der Waals surface area contributed by atoms with Crippen LogP contribution in [0.3, 0.4) is 0 Å². The molecule has 6 nitrogen and oxygen atoms in total. The van der Waals surface area contributed by atoms with Crippen molar-refractivity contribution in [1.82, 2.24) is 10.2 Å². The Labute approximate surface area is 132 Å². The number of aromatic nitrogens is 2. The van der Waals surface area contributed by atoms with Gasteiger partial charge in [0.05, 0.1) is 0 Å². The number of carbonyl (C=O) groups is 2. The van der Waals surface area contributed by atoms with Crippen molar-refractivity contribution in [2.24, 2.45) is 0 Å². The number of Topliss-reactive ketones (excluding diaryl/α,β-unsaturated/α-hetero) is 1. The Morgan fingerprint density at radius 3 is 2.30 bits per heavy atom. The van der Waals surface area contributed by atoms with E-state index in [0.29, 0.717) is 11.3 Å². The SMILES string of the molecule is CC(=O)c1ccc(NC(=O)c2nnc(-c3ccccc3)o2)cc1. The summed E-state index contributed by atoms with van der Waals surface area (Å²) in [6, 6.07) is 15.8. The molecule has 1 N–H and O–H groups in total. The topological polar surface area (TPSA) is 85.1 Å². The van der Waals surface area contributed by atoms with Crippen LogP contribution in [0.2, 0.25) is 0 Å². The van der Waals surface area contributed by atoms with Crippen molar-refractivity contribution >= 4 is 17.4 Å². The average Bonchev–Trinajstić information content (AvgIpc) is 3.06. The van der Waals surface area contributed by atoms with Crippen molar-refractivity contribution in [2.45, 2.75) is 6.92 Å². The van der Waals surface area contributed by atoms with Gasteiger partial charge in [-0.2, -0.15) is 0 Å². The van der Waals surface area contributed by atoms with Gasteiger partial charge >= 0.3 is 11.8 Å². The van der Waals surface area contributed by atoms with Crippen molar-refractivity contribution < 1.29 is 14.0 Å². The minimum atomic E-state index is -0.504. The Morgan fingerprint density at radius 1 is 0.957 bits per heavy atom. The molecule has 0 aliphatic rings. The van der Waals surface area contributed by atoms with E-state index in [0.717, 1.165) is 5.56 Å². The number of benzene rings is 2. The van der Waals surface area contributed by atoms with Gasteiger partial charge in [0, 0.05) is 16.8 Å². The highest BCUT2D eigenvalue weighted by Crippen LogP contribution is 2.18. The Bertz CT molecular complexity index is 839. The number of carbonyl (C=O) groups excluding carboxylic acids is 2. The van der Waals surface area contributed by atoms with Crippen molar-refractivity contribution in [3.8, 4) is 11.5 Å².